The third kappa shape index (κ3) is 4.84. The van der Waals surface area contributed by atoms with E-state index in [1.54, 1.807) is 29.2 Å². The third-order valence-electron chi connectivity index (χ3n) is 6.41. The summed E-state index contributed by atoms with van der Waals surface area (Å²) in [4.78, 5) is 17.8. The van der Waals surface area contributed by atoms with E-state index in [1.165, 1.54) is 10.6 Å². The number of nitrogens with zero attached hydrogens (tertiary/aromatic N) is 6. The summed E-state index contributed by atoms with van der Waals surface area (Å²) < 4.78 is 18.2. The predicted octanol–water partition coefficient (Wildman–Crippen LogP) is 4.97. The van der Waals surface area contributed by atoms with Crippen LogP contribution in [0.25, 0.3) is 28.2 Å². The van der Waals surface area contributed by atoms with Crippen LogP contribution in [-0.2, 0) is 19.4 Å². The van der Waals surface area contributed by atoms with Crippen LogP contribution in [0.1, 0.15) is 43.5 Å². The van der Waals surface area contributed by atoms with E-state index in [1.807, 2.05) is 43.3 Å². The number of tetrazole rings is 1. The van der Waals surface area contributed by atoms with Gasteiger partial charge < -0.3 is 0 Å². The van der Waals surface area contributed by atoms with Gasteiger partial charge in [-0.25, -0.2) is 9.18 Å². The lowest BCUT2D eigenvalue weighted by Crippen LogP contribution is -2.26. The van der Waals surface area contributed by atoms with Crippen molar-refractivity contribution < 1.29 is 4.39 Å². The monoisotopic (exact) mass is 497 g/mol. The van der Waals surface area contributed by atoms with Gasteiger partial charge in [0.05, 0.1) is 12.2 Å². The number of aryl methyl sites for hydroxylation is 2. The van der Waals surface area contributed by atoms with E-state index in [4.69, 9.17) is 0 Å². The maximum absolute atomic E-state index is 14.9. The molecule has 8 nitrogen and oxygen atoms in total. The fourth-order valence-electron chi connectivity index (χ4n) is 4.69. The van der Waals surface area contributed by atoms with Gasteiger partial charge in [0, 0.05) is 29.8 Å². The van der Waals surface area contributed by atoms with E-state index >= 15 is 0 Å². The lowest BCUT2D eigenvalue weighted by molar-refractivity contribution is 0.609. The minimum atomic E-state index is -0.382. The number of aromatic nitrogens is 7. The fourth-order valence-corrected chi connectivity index (χ4v) is 4.69. The number of hydrogen-bond acceptors (Lipinski definition) is 5. The largest absolute Gasteiger partial charge is 0.333 e. The van der Waals surface area contributed by atoms with Crippen LogP contribution >= 0.6 is 0 Å². The highest BCUT2D eigenvalue weighted by Crippen LogP contribution is 2.29. The number of rotatable bonds is 9. The number of pyridine rings is 1. The molecule has 0 bridgehead atoms. The van der Waals surface area contributed by atoms with Gasteiger partial charge in [0.1, 0.15) is 5.82 Å². The van der Waals surface area contributed by atoms with Crippen LogP contribution in [0.4, 0.5) is 4.39 Å². The molecule has 0 aliphatic heterocycles. The number of hydrogen-bond donors (Lipinski definition) is 1. The van der Waals surface area contributed by atoms with E-state index in [2.05, 4.69) is 32.5 Å². The van der Waals surface area contributed by atoms with Crippen LogP contribution < -0.4 is 5.69 Å². The SMILES string of the molecule is CCCc1cccc(F)c1-n1cc(CCC)n(Cc2ccc(-c3ccncc3-c3nn[nH]n3)cc2)c1=O. The average Bonchev–Trinajstić information content (AvgIpc) is 3.55. The molecule has 0 fully saturated rings. The van der Waals surface area contributed by atoms with Gasteiger partial charge in [-0.15, -0.1) is 10.2 Å². The van der Waals surface area contributed by atoms with Gasteiger partial charge in [-0.3, -0.25) is 14.1 Å². The first-order valence-corrected chi connectivity index (χ1v) is 12.5. The molecule has 3 aromatic heterocycles. The van der Waals surface area contributed by atoms with Crippen LogP contribution in [0.15, 0.2) is 71.9 Å². The Labute approximate surface area is 213 Å². The average molecular weight is 498 g/mol. The van der Waals surface area contributed by atoms with Crippen LogP contribution in [0.5, 0.6) is 0 Å². The maximum atomic E-state index is 14.9. The lowest BCUT2D eigenvalue weighted by Gasteiger charge is -2.10. The molecule has 2 aromatic carbocycles. The van der Waals surface area contributed by atoms with Crippen molar-refractivity contribution in [2.24, 2.45) is 0 Å². The molecule has 0 amide bonds. The Balaban J connectivity index is 1.49. The number of benzene rings is 2. The molecule has 0 radical (unpaired) electrons. The molecule has 0 saturated carbocycles. The number of nitrogens with one attached hydrogen (secondary N) is 1. The van der Waals surface area contributed by atoms with E-state index in [-0.39, 0.29) is 11.5 Å². The molecule has 5 aromatic rings. The fraction of sp³-hybridized carbons (Fsp3) is 0.250. The first-order valence-electron chi connectivity index (χ1n) is 12.5. The van der Waals surface area contributed by atoms with E-state index < -0.39 is 0 Å². The predicted molar refractivity (Wildman–Crippen MR) is 140 cm³/mol. The summed E-state index contributed by atoms with van der Waals surface area (Å²) in [6.07, 6.45) is 8.41. The minimum absolute atomic E-state index is 0.233. The summed E-state index contributed by atoms with van der Waals surface area (Å²) in [6.45, 7) is 4.52. The van der Waals surface area contributed by atoms with Crippen molar-refractivity contribution in [2.45, 2.75) is 46.1 Å². The molecule has 0 saturated heterocycles. The molecule has 0 unspecified atom stereocenters. The zero-order valence-electron chi connectivity index (χ0n) is 20.9. The highest BCUT2D eigenvalue weighted by Gasteiger charge is 2.18. The van der Waals surface area contributed by atoms with E-state index in [0.717, 1.165) is 52.8 Å². The van der Waals surface area contributed by atoms with Gasteiger partial charge in [0.2, 0.25) is 5.82 Å². The smallest absolute Gasteiger partial charge is 0.292 e. The van der Waals surface area contributed by atoms with Gasteiger partial charge in [-0.05, 0) is 52.4 Å². The van der Waals surface area contributed by atoms with Gasteiger partial charge in [0.15, 0.2) is 0 Å². The molecule has 0 atom stereocenters. The zero-order valence-corrected chi connectivity index (χ0v) is 20.9. The van der Waals surface area contributed by atoms with Crippen molar-refractivity contribution in [1.82, 2.24) is 34.7 Å². The van der Waals surface area contributed by atoms with Crippen LogP contribution in [0, 0.1) is 5.82 Å². The van der Waals surface area contributed by atoms with E-state index in [9.17, 15) is 9.18 Å². The molecule has 0 aliphatic carbocycles. The Kier molecular flexibility index (Phi) is 7.02. The highest BCUT2D eigenvalue weighted by atomic mass is 19.1. The summed E-state index contributed by atoms with van der Waals surface area (Å²) in [5.41, 5.74) is 5.49. The molecule has 1 N–H and O–H groups in total. The molecule has 0 aliphatic rings. The van der Waals surface area contributed by atoms with Crippen LogP contribution in [0.3, 0.4) is 0 Å². The summed E-state index contributed by atoms with van der Waals surface area (Å²) in [5, 5.41) is 14.3. The Morgan fingerprint density at radius 1 is 0.973 bits per heavy atom. The summed E-state index contributed by atoms with van der Waals surface area (Å²) in [5.74, 6) is 0.0900. The van der Waals surface area contributed by atoms with Crippen molar-refractivity contribution in [3.05, 3.63) is 100 Å². The molecule has 5 rings (SSSR count). The Morgan fingerprint density at radius 2 is 1.78 bits per heavy atom. The topological polar surface area (TPSA) is 94.3 Å². The summed E-state index contributed by atoms with van der Waals surface area (Å²) >= 11 is 0. The Morgan fingerprint density at radius 3 is 2.51 bits per heavy atom. The van der Waals surface area contributed by atoms with Crippen molar-refractivity contribution in [2.75, 3.05) is 0 Å². The quantitative estimate of drug-likeness (QED) is 0.310. The van der Waals surface area contributed by atoms with Gasteiger partial charge >= 0.3 is 5.69 Å². The number of aromatic amines is 1. The first-order chi connectivity index (χ1) is 18.1. The number of H-pyrrole nitrogens is 1. The normalized spacial score (nSPS) is 11.2. The molecular formula is C28H28FN7O. The minimum Gasteiger partial charge on any atom is -0.292 e. The lowest BCUT2D eigenvalue weighted by atomic mass is 10.00. The summed E-state index contributed by atoms with van der Waals surface area (Å²) in [7, 11) is 0. The zero-order chi connectivity index (χ0) is 25.8. The second kappa shape index (κ2) is 10.7. The van der Waals surface area contributed by atoms with Crippen molar-refractivity contribution in [3.63, 3.8) is 0 Å². The van der Waals surface area contributed by atoms with Crippen molar-refractivity contribution in [1.29, 1.82) is 0 Å². The summed E-state index contributed by atoms with van der Waals surface area (Å²) in [6, 6.07) is 14.9. The second-order valence-electron chi connectivity index (χ2n) is 8.96. The van der Waals surface area contributed by atoms with Crippen LogP contribution in [-0.4, -0.2) is 34.7 Å². The highest BCUT2D eigenvalue weighted by molar-refractivity contribution is 5.79. The molecule has 188 valence electrons. The van der Waals surface area contributed by atoms with Gasteiger partial charge in [0.25, 0.3) is 0 Å². The number of imidazole rings is 1. The molecule has 3 heterocycles. The Bertz CT molecular complexity index is 1550. The van der Waals surface area contributed by atoms with Crippen LogP contribution in [0.2, 0.25) is 0 Å². The number of para-hydroxylation sites is 1. The van der Waals surface area contributed by atoms with Crippen molar-refractivity contribution >= 4 is 0 Å². The molecule has 9 heteroatoms. The standard InChI is InChI=1S/C28H28FN7O/c1-3-6-21-8-5-9-25(29)26(21)36-18-22(7-4-2)35(28(36)37)17-19-10-12-20(13-11-19)23-14-15-30-16-24(23)27-31-33-34-32-27/h5,8-16,18H,3-4,6-7,17H2,1-2H3,(H,31,32,33,34). The molecule has 0 spiro atoms. The van der Waals surface area contributed by atoms with Gasteiger partial charge in [-0.1, -0.05) is 63.1 Å². The molecule has 37 heavy (non-hydrogen) atoms. The van der Waals surface area contributed by atoms with Gasteiger partial charge in [-0.2, -0.15) is 5.21 Å². The second-order valence-corrected chi connectivity index (χ2v) is 8.96. The van der Waals surface area contributed by atoms with E-state index in [0.29, 0.717) is 24.5 Å². The third-order valence-corrected chi connectivity index (χ3v) is 6.41. The van der Waals surface area contributed by atoms with Crippen molar-refractivity contribution in [3.8, 4) is 28.2 Å². The first kappa shape index (κ1) is 24.3. The number of halogens is 1. The molecular weight excluding hydrogens is 469 g/mol. The Hall–Kier alpha value is -4.40. The maximum Gasteiger partial charge on any atom is 0.333 e.